The number of nitrogens with zero attached hydrogens (tertiary/aromatic N) is 4. The summed E-state index contributed by atoms with van der Waals surface area (Å²) in [6.07, 6.45) is 3.32. The van der Waals surface area contributed by atoms with E-state index in [1.807, 2.05) is 4.68 Å². The summed E-state index contributed by atoms with van der Waals surface area (Å²) in [5.41, 5.74) is 3.96. The highest BCUT2D eigenvalue weighted by atomic mass is 16.1. The standard InChI is InChI=1S/C15H21N5O/c1-3-11-7-12(20(4-2)18-11)9-19-10-17-14-8-16-6-5-13(14)15(19)21/h7,10,16H,3-6,8-9H2,1-2H3. The average molecular weight is 287 g/mol. The topological polar surface area (TPSA) is 64.7 Å². The van der Waals surface area contributed by atoms with Crippen LogP contribution < -0.4 is 10.9 Å². The number of aryl methyl sites for hydroxylation is 2. The fraction of sp³-hybridized carbons (Fsp3) is 0.533. The molecule has 0 spiro atoms. The van der Waals surface area contributed by atoms with Crippen LogP contribution >= 0.6 is 0 Å². The first-order valence-corrected chi connectivity index (χ1v) is 7.56. The molecule has 0 unspecified atom stereocenters. The molecule has 0 fully saturated rings. The second-order valence-electron chi connectivity index (χ2n) is 5.33. The van der Waals surface area contributed by atoms with Gasteiger partial charge >= 0.3 is 0 Å². The van der Waals surface area contributed by atoms with Gasteiger partial charge in [0.1, 0.15) is 0 Å². The molecule has 3 heterocycles. The van der Waals surface area contributed by atoms with E-state index < -0.39 is 0 Å². The van der Waals surface area contributed by atoms with Crippen LogP contribution in [0.3, 0.4) is 0 Å². The van der Waals surface area contributed by atoms with Gasteiger partial charge in [-0.05, 0) is 32.4 Å². The van der Waals surface area contributed by atoms with Crippen LogP contribution in [0.2, 0.25) is 0 Å². The number of rotatable bonds is 4. The van der Waals surface area contributed by atoms with Gasteiger partial charge in [0.2, 0.25) is 0 Å². The monoisotopic (exact) mass is 287 g/mol. The molecule has 1 aliphatic heterocycles. The molecule has 0 bridgehead atoms. The number of aromatic nitrogens is 4. The molecule has 0 atom stereocenters. The lowest BCUT2D eigenvalue weighted by Gasteiger charge is -2.17. The van der Waals surface area contributed by atoms with E-state index in [1.54, 1.807) is 10.9 Å². The van der Waals surface area contributed by atoms with Crippen LogP contribution in [-0.4, -0.2) is 25.9 Å². The van der Waals surface area contributed by atoms with Gasteiger partial charge in [-0.15, -0.1) is 0 Å². The summed E-state index contributed by atoms with van der Waals surface area (Å²) >= 11 is 0. The van der Waals surface area contributed by atoms with E-state index >= 15 is 0 Å². The first-order valence-electron chi connectivity index (χ1n) is 7.56. The van der Waals surface area contributed by atoms with Crippen LogP contribution in [0.4, 0.5) is 0 Å². The average Bonchev–Trinajstić information content (AvgIpc) is 2.92. The van der Waals surface area contributed by atoms with Gasteiger partial charge < -0.3 is 5.32 Å². The SMILES string of the molecule is CCc1cc(Cn2cnc3c(c2=O)CCNC3)n(CC)n1. The van der Waals surface area contributed by atoms with E-state index in [2.05, 4.69) is 35.3 Å². The van der Waals surface area contributed by atoms with Gasteiger partial charge in [-0.1, -0.05) is 6.92 Å². The highest BCUT2D eigenvalue weighted by Gasteiger charge is 2.16. The van der Waals surface area contributed by atoms with Gasteiger partial charge in [-0.25, -0.2) is 4.98 Å². The Morgan fingerprint density at radius 3 is 3.00 bits per heavy atom. The van der Waals surface area contributed by atoms with Crippen molar-refractivity contribution < 1.29 is 0 Å². The molecule has 21 heavy (non-hydrogen) atoms. The van der Waals surface area contributed by atoms with Crippen molar-refractivity contribution in [3.05, 3.63) is 45.4 Å². The maximum Gasteiger partial charge on any atom is 0.257 e. The maximum absolute atomic E-state index is 12.6. The zero-order valence-electron chi connectivity index (χ0n) is 12.6. The van der Waals surface area contributed by atoms with E-state index in [9.17, 15) is 4.79 Å². The van der Waals surface area contributed by atoms with Gasteiger partial charge in [0.25, 0.3) is 5.56 Å². The summed E-state index contributed by atoms with van der Waals surface area (Å²) in [4.78, 5) is 17.0. The smallest absolute Gasteiger partial charge is 0.257 e. The first-order chi connectivity index (χ1) is 10.2. The fourth-order valence-electron chi connectivity index (χ4n) is 2.77. The third-order valence-electron chi connectivity index (χ3n) is 3.97. The molecule has 6 heteroatoms. The van der Waals surface area contributed by atoms with E-state index in [0.717, 1.165) is 48.6 Å². The van der Waals surface area contributed by atoms with E-state index in [-0.39, 0.29) is 5.56 Å². The lowest BCUT2D eigenvalue weighted by molar-refractivity contribution is 0.567. The van der Waals surface area contributed by atoms with Crippen molar-refractivity contribution in [2.45, 2.75) is 46.3 Å². The molecule has 0 saturated heterocycles. The summed E-state index contributed by atoms with van der Waals surface area (Å²) in [6, 6.07) is 2.08. The second-order valence-corrected chi connectivity index (χ2v) is 5.33. The van der Waals surface area contributed by atoms with Crippen LogP contribution in [-0.2, 0) is 32.5 Å². The summed E-state index contributed by atoms with van der Waals surface area (Å²) in [5.74, 6) is 0. The minimum absolute atomic E-state index is 0.0865. The third kappa shape index (κ3) is 2.63. The van der Waals surface area contributed by atoms with Crippen LogP contribution in [0.25, 0.3) is 0 Å². The molecule has 3 rings (SSSR count). The van der Waals surface area contributed by atoms with Crippen molar-refractivity contribution in [1.29, 1.82) is 0 Å². The first kappa shape index (κ1) is 14.0. The lowest BCUT2D eigenvalue weighted by atomic mass is 10.1. The molecule has 0 radical (unpaired) electrons. The Labute approximate surface area is 123 Å². The van der Waals surface area contributed by atoms with Crippen LogP contribution in [0, 0.1) is 0 Å². The largest absolute Gasteiger partial charge is 0.311 e. The number of nitrogens with one attached hydrogen (secondary N) is 1. The quantitative estimate of drug-likeness (QED) is 0.900. The van der Waals surface area contributed by atoms with Gasteiger partial charge in [-0.3, -0.25) is 14.0 Å². The number of hydrogen-bond acceptors (Lipinski definition) is 4. The zero-order chi connectivity index (χ0) is 14.8. The van der Waals surface area contributed by atoms with Crippen LogP contribution in [0.1, 0.15) is 36.5 Å². The Balaban J connectivity index is 1.95. The van der Waals surface area contributed by atoms with Crippen molar-refractivity contribution in [2.24, 2.45) is 0 Å². The fourth-order valence-corrected chi connectivity index (χ4v) is 2.77. The van der Waals surface area contributed by atoms with Gasteiger partial charge in [0.15, 0.2) is 0 Å². The minimum atomic E-state index is 0.0865. The van der Waals surface area contributed by atoms with E-state index in [0.29, 0.717) is 13.1 Å². The Morgan fingerprint density at radius 1 is 1.38 bits per heavy atom. The molecule has 2 aromatic heterocycles. The summed E-state index contributed by atoms with van der Waals surface area (Å²) < 4.78 is 3.67. The molecule has 0 saturated carbocycles. The lowest BCUT2D eigenvalue weighted by Crippen LogP contribution is -2.34. The Bertz CT molecular complexity index is 701. The molecule has 0 aromatic carbocycles. The van der Waals surface area contributed by atoms with Gasteiger partial charge in [-0.2, -0.15) is 5.10 Å². The van der Waals surface area contributed by atoms with Crippen molar-refractivity contribution >= 4 is 0 Å². The van der Waals surface area contributed by atoms with Crippen molar-refractivity contribution in [3.63, 3.8) is 0 Å². The van der Waals surface area contributed by atoms with Crippen LogP contribution in [0.5, 0.6) is 0 Å². The third-order valence-corrected chi connectivity index (χ3v) is 3.97. The molecule has 2 aromatic rings. The highest BCUT2D eigenvalue weighted by molar-refractivity contribution is 5.20. The highest BCUT2D eigenvalue weighted by Crippen LogP contribution is 2.09. The predicted octanol–water partition coefficient (Wildman–Crippen LogP) is 0.716. The second kappa shape index (κ2) is 5.81. The van der Waals surface area contributed by atoms with Gasteiger partial charge in [0, 0.05) is 18.7 Å². The minimum Gasteiger partial charge on any atom is -0.311 e. The summed E-state index contributed by atoms with van der Waals surface area (Å²) in [6.45, 7) is 7.04. The Morgan fingerprint density at radius 2 is 2.24 bits per heavy atom. The van der Waals surface area contributed by atoms with Crippen molar-refractivity contribution in [3.8, 4) is 0 Å². The maximum atomic E-state index is 12.6. The zero-order valence-corrected chi connectivity index (χ0v) is 12.6. The summed E-state index contributed by atoms with van der Waals surface area (Å²) in [5, 5.41) is 7.77. The Hall–Kier alpha value is -1.95. The van der Waals surface area contributed by atoms with Crippen molar-refractivity contribution in [1.82, 2.24) is 24.6 Å². The molecule has 1 N–H and O–H groups in total. The molecule has 6 nitrogen and oxygen atoms in total. The number of fused-ring (bicyclic) bond motifs is 1. The molecular weight excluding hydrogens is 266 g/mol. The molecule has 1 aliphatic rings. The molecular formula is C15H21N5O. The van der Waals surface area contributed by atoms with E-state index in [1.165, 1.54) is 0 Å². The molecule has 0 aliphatic carbocycles. The molecule has 0 amide bonds. The van der Waals surface area contributed by atoms with Crippen molar-refractivity contribution in [2.75, 3.05) is 6.54 Å². The van der Waals surface area contributed by atoms with Crippen LogP contribution in [0.15, 0.2) is 17.2 Å². The predicted molar refractivity (Wildman–Crippen MR) is 80.3 cm³/mol. The Kier molecular flexibility index (Phi) is 3.88. The molecule has 112 valence electrons. The normalized spacial score (nSPS) is 14.2. The van der Waals surface area contributed by atoms with Gasteiger partial charge in [0.05, 0.1) is 30.0 Å². The van der Waals surface area contributed by atoms with E-state index in [4.69, 9.17) is 0 Å². The number of hydrogen-bond donors (Lipinski definition) is 1. The summed E-state index contributed by atoms with van der Waals surface area (Å²) in [7, 11) is 0.